The van der Waals surface area contributed by atoms with Gasteiger partial charge in [0.2, 0.25) is 11.8 Å². The summed E-state index contributed by atoms with van der Waals surface area (Å²) in [6, 6.07) is 14.0. The van der Waals surface area contributed by atoms with Crippen molar-refractivity contribution in [2.24, 2.45) is 5.41 Å². The standard InChI is InChI=1S/C25H32N4O4/c1-25(2,3)24(32)29-20-7-4-6-19(14-20)28-22(30)16-26-18-11-9-17(10-12-18)23(31)27-15-21-8-5-13-33-21/h4,6-7,9-12,14,21,26H,5,8,13,15-16H2,1-3H3,(H,27,31)(H,28,30)(H,29,32). The van der Waals surface area contributed by atoms with Crippen LogP contribution in [0.15, 0.2) is 48.5 Å². The van der Waals surface area contributed by atoms with Gasteiger partial charge in [-0.15, -0.1) is 0 Å². The average molecular weight is 453 g/mol. The fourth-order valence-electron chi connectivity index (χ4n) is 3.23. The summed E-state index contributed by atoms with van der Waals surface area (Å²) >= 11 is 0. The van der Waals surface area contributed by atoms with E-state index in [2.05, 4.69) is 21.3 Å². The Morgan fingerprint density at radius 3 is 2.30 bits per heavy atom. The quantitative estimate of drug-likeness (QED) is 0.489. The number of carbonyl (C=O) groups excluding carboxylic acids is 3. The van der Waals surface area contributed by atoms with Crippen LogP contribution in [0.5, 0.6) is 0 Å². The lowest BCUT2D eigenvalue weighted by Crippen LogP contribution is -2.31. The molecule has 0 aliphatic carbocycles. The third-order valence-corrected chi connectivity index (χ3v) is 5.20. The lowest BCUT2D eigenvalue weighted by molar-refractivity contribution is -0.123. The van der Waals surface area contributed by atoms with Crippen LogP contribution in [0.1, 0.15) is 44.0 Å². The van der Waals surface area contributed by atoms with Gasteiger partial charge in [0.1, 0.15) is 0 Å². The van der Waals surface area contributed by atoms with Gasteiger partial charge in [-0.3, -0.25) is 14.4 Å². The Bertz CT molecular complexity index is 977. The molecule has 1 unspecified atom stereocenters. The molecule has 8 heteroatoms. The number of amides is 3. The number of nitrogens with one attached hydrogen (secondary N) is 4. The van der Waals surface area contributed by atoms with Gasteiger partial charge in [-0.2, -0.15) is 0 Å². The second kappa shape index (κ2) is 11.0. The summed E-state index contributed by atoms with van der Waals surface area (Å²) in [5.41, 5.74) is 1.98. The fourth-order valence-corrected chi connectivity index (χ4v) is 3.23. The van der Waals surface area contributed by atoms with E-state index in [4.69, 9.17) is 4.74 Å². The first-order valence-electron chi connectivity index (χ1n) is 11.2. The first-order valence-corrected chi connectivity index (χ1v) is 11.2. The van der Waals surface area contributed by atoms with Crippen molar-refractivity contribution in [2.45, 2.75) is 39.7 Å². The molecule has 1 heterocycles. The highest BCUT2D eigenvalue weighted by molar-refractivity contribution is 5.97. The Morgan fingerprint density at radius 1 is 0.970 bits per heavy atom. The molecule has 1 fully saturated rings. The van der Waals surface area contributed by atoms with E-state index in [9.17, 15) is 14.4 Å². The third-order valence-electron chi connectivity index (χ3n) is 5.20. The van der Waals surface area contributed by atoms with Crippen molar-refractivity contribution >= 4 is 34.8 Å². The van der Waals surface area contributed by atoms with Crippen molar-refractivity contribution in [1.82, 2.24) is 5.32 Å². The zero-order chi connectivity index (χ0) is 23.8. The van der Waals surface area contributed by atoms with Crippen LogP contribution >= 0.6 is 0 Å². The Kier molecular flexibility index (Phi) is 8.06. The highest BCUT2D eigenvalue weighted by atomic mass is 16.5. The van der Waals surface area contributed by atoms with Crippen molar-refractivity contribution in [2.75, 3.05) is 35.6 Å². The number of benzene rings is 2. The van der Waals surface area contributed by atoms with Crippen molar-refractivity contribution in [3.63, 3.8) is 0 Å². The molecule has 1 atom stereocenters. The molecule has 2 aromatic rings. The minimum Gasteiger partial charge on any atom is -0.376 e. The number of rotatable bonds is 8. The van der Waals surface area contributed by atoms with Crippen LogP contribution in [0.25, 0.3) is 0 Å². The fraction of sp³-hybridized carbons (Fsp3) is 0.400. The van der Waals surface area contributed by atoms with Gasteiger partial charge in [0.25, 0.3) is 5.91 Å². The molecular formula is C25H32N4O4. The van der Waals surface area contributed by atoms with Gasteiger partial charge in [0.05, 0.1) is 12.6 Å². The minimum absolute atomic E-state index is 0.0587. The molecule has 3 rings (SSSR count). The maximum absolute atomic E-state index is 12.3. The number of carbonyl (C=O) groups is 3. The Hall–Kier alpha value is -3.39. The summed E-state index contributed by atoms with van der Waals surface area (Å²) in [7, 11) is 0. The zero-order valence-electron chi connectivity index (χ0n) is 19.4. The second-order valence-electron chi connectivity index (χ2n) is 9.11. The summed E-state index contributed by atoms with van der Waals surface area (Å²) in [6.07, 6.45) is 2.11. The van der Waals surface area contributed by atoms with Gasteiger partial charge in [-0.1, -0.05) is 26.8 Å². The number of ether oxygens (including phenoxy) is 1. The van der Waals surface area contributed by atoms with E-state index in [-0.39, 0.29) is 30.4 Å². The van der Waals surface area contributed by atoms with Crippen LogP contribution in [-0.2, 0) is 14.3 Å². The molecule has 2 aromatic carbocycles. The highest BCUT2D eigenvalue weighted by Gasteiger charge is 2.21. The van der Waals surface area contributed by atoms with E-state index in [0.717, 1.165) is 25.1 Å². The molecule has 0 saturated carbocycles. The molecule has 1 saturated heterocycles. The van der Waals surface area contributed by atoms with E-state index in [1.807, 2.05) is 20.8 Å². The van der Waals surface area contributed by atoms with E-state index in [1.165, 1.54) is 0 Å². The number of hydrogen-bond donors (Lipinski definition) is 4. The molecule has 0 spiro atoms. The molecule has 1 aliphatic heterocycles. The molecule has 0 aromatic heterocycles. The molecule has 8 nitrogen and oxygen atoms in total. The number of hydrogen-bond acceptors (Lipinski definition) is 5. The van der Waals surface area contributed by atoms with Crippen LogP contribution in [0.2, 0.25) is 0 Å². The van der Waals surface area contributed by atoms with E-state index in [0.29, 0.717) is 23.5 Å². The predicted octanol–water partition coefficient (Wildman–Crippen LogP) is 3.63. The second-order valence-corrected chi connectivity index (χ2v) is 9.11. The topological polar surface area (TPSA) is 109 Å². The first-order chi connectivity index (χ1) is 15.7. The Balaban J connectivity index is 1.45. The van der Waals surface area contributed by atoms with Gasteiger partial charge in [-0.05, 0) is 55.3 Å². The van der Waals surface area contributed by atoms with E-state index < -0.39 is 5.41 Å². The van der Waals surface area contributed by atoms with Gasteiger partial charge >= 0.3 is 0 Å². The lowest BCUT2D eigenvalue weighted by Gasteiger charge is -2.18. The van der Waals surface area contributed by atoms with E-state index in [1.54, 1.807) is 48.5 Å². The highest BCUT2D eigenvalue weighted by Crippen LogP contribution is 2.20. The zero-order valence-corrected chi connectivity index (χ0v) is 19.4. The molecule has 1 aliphatic rings. The third kappa shape index (κ3) is 7.61. The first kappa shape index (κ1) is 24.3. The van der Waals surface area contributed by atoms with Crippen LogP contribution in [0.4, 0.5) is 17.1 Å². The van der Waals surface area contributed by atoms with Gasteiger partial charge in [0.15, 0.2) is 0 Å². The van der Waals surface area contributed by atoms with Crippen molar-refractivity contribution in [3.8, 4) is 0 Å². The van der Waals surface area contributed by atoms with Crippen LogP contribution in [-0.4, -0.2) is 43.5 Å². The normalized spacial score (nSPS) is 15.5. The van der Waals surface area contributed by atoms with Gasteiger partial charge in [-0.25, -0.2) is 0 Å². The smallest absolute Gasteiger partial charge is 0.251 e. The Morgan fingerprint density at radius 2 is 1.67 bits per heavy atom. The molecule has 3 amide bonds. The molecular weight excluding hydrogens is 420 g/mol. The molecule has 0 radical (unpaired) electrons. The lowest BCUT2D eigenvalue weighted by atomic mass is 9.95. The Labute approximate surface area is 194 Å². The molecule has 33 heavy (non-hydrogen) atoms. The maximum Gasteiger partial charge on any atom is 0.251 e. The van der Waals surface area contributed by atoms with Crippen molar-refractivity contribution < 1.29 is 19.1 Å². The summed E-state index contributed by atoms with van der Waals surface area (Å²) in [5, 5.41) is 11.6. The van der Waals surface area contributed by atoms with Gasteiger partial charge < -0.3 is 26.0 Å². The SMILES string of the molecule is CC(C)(C)C(=O)Nc1cccc(NC(=O)CNc2ccc(C(=O)NCC3CCCO3)cc2)c1. The minimum atomic E-state index is -0.510. The van der Waals surface area contributed by atoms with E-state index >= 15 is 0 Å². The van der Waals surface area contributed by atoms with Crippen LogP contribution in [0.3, 0.4) is 0 Å². The molecule has 4 N–H and O–H groups in total. The number of anilines is 3. The average Bonchev–Trinajstić information content (AvgIpc) is 3.30. The summed E-state index contributed by atoms with van der Waals surface area (Å²) in [6.45, 7) is 6.84. The van der Waals surface area contributed by atoms with Gasteiger partial charge in [0, 0.05) is 41.2 Å². The monoisotopic (exact) mass is 452 g/mol. The maximum atomic E-state index is 12.3. The van der Waals surface area contributed by atoms with Crippen molar-refractivity contribution in [3.05, 3.63) is 54.1 Å². The predicted molar refractivity (Wildman–Crippen MR) is 129 cm³/mol. The summed E-state index contributed by atoms with van der Waals surface area (Å²) in [5.74, 6) is -0.474. The molecule has 176 valence electrons. The largest absolute Gasteiger partial charge is 0.376 e. The van der Waals surface area contributed by atoms with Crippen LogP contribution < -0.4 is 21.3 Å². The van der Waals surface area contributed by atoms with Crippen LogP contribution in [0, 0.1) is 5.41 Å². The summed E-state index contributed by atoms with van der Waals surface area (Å²) < 4.78 is 5.51. The molecule has 0 bridgehead atoms. The van der Waals surface area contributed by atoms with Crippen molar-refractivity contribution in [1.29, 1.82) is 0 Å². The summed E-state index contributed by atoms with van der Waals surface area (Å²) in [4.78, 5) is 36.7.